The lowest BCUT2D eigenvalue weighted by Gasteiger charge is -1.99. The Morgan fingerprint density at radius 1 is 1.40 bits per heavy atom. The fourth-order valence-corrected chi connectivity index (χ4v) is 2.15. The van der Waals surface area contributed by atoms with Crippen molar-refractivity contribution < 1.29 is 19.4 Å². The fourth-order valence-electron chi connectivity index (χ4n) is 2.15. The van der Waals surface area contributed by atoms with Gasteiger partial charge < -0.3 is 19.6 Å². The molecule has 20 heavy (non-hydrogen) atoms. The number of carbonyl (C=O) groups is 1. The van der Waals surface area contributed by atoms with Crippen LogP contribution in [0, 0.1) is 6.92 Å². The van der Waals surface area contributed by atoms with E-state index < -0.39 is 5.97 Å². The maximum absolute atomic E-state index is 10.6. The molecule has 2 aromatic rings. The van der Waals surface area contributed by atoms with Crippen molar-refractivity contribution in [2.24, 2.45) is 0 Å². The third kappa shape index (κ3) is 2.32. The van der Waals surface area contributed by atoms with Gasteiger partial charge in [0, 0.05) is 17.7 Å². The molecule has 1 aromatic heterocycles. The molecule has 0 radical (unpaired) electrons. The maximum atomic E-state index is 10.6. The lowest BCUT2D eigenvalue weighted by molar-refractivity contribution is -0.136. The summed E-state index contributed by atoms with van der Waals surface area (Å²) in [5.41, 5.74) is 2.55. The number of rotatable bonds is 4. The smallest absolute Gasteiger partial charge is 0.303 e. The number of hydrogen-bond donors (Lipinski definition) is 2. The van der Waals surface area contributed by atoms with Crippen molar-refractivity contribution in [1.82, 2.24) is 9.97 Å². The summed E-state index contributed by atoms with van der Waals surface area (Å²) in [6.07, 6.45) is 0.495. The highest BCUT2D eigenvalue weighted by atomic mass is 16.7. The lowest BCUT2D eigenvalue weighted by Crippen LogP contribution is -1.98. The molecule has 0 aliphatic carbocycles. The largest absolute Gasteiger partial charge is 0.481 e. The van der Waals surface area contributed by atoms with Gasteiger partial charge in [0.25, 0.3) is 0 Å². The summed E-state index contributed by atoms with van der Waals surface area (Å²) >= 11 is 0. The molecular weight excluding hydrogens is 260 g/mol. The van der Waals surface area contributed by atoms with E-state index in [1.165, 1.54) is 0 Å². The van der Waals surface area contributed by atoms with Crippen LogP contribution in [0.25, 0.3) is 11.4 Å². The van der Waals surface area contributed by atoms with Gasteiger partial charge in [0.15, 0.2) is 11.5 Å². The minimum Gasteiger partial charge on any atom is -0.481 e. The highest BCUT2D eigenvalue weighted by Gasteiger charge is 2.16. The first-order valence-electron chi connectivity index (χ1n) is 6.31. The third-order valence-corrected chi connectivity index (χ3v) is 3.21. The number of aliphatic carboxylic acids is 1. The van der Waals surface area contributed by atoms with Crippen LogP contribution in [-0.2, 0) is 11.2 Å². The lowest BCUT2D eigenvalue weighted by atomic mass is 10.2. The number of aryl methyl sites for hydroxylation is 2. The molecule has 0 atom stereocenters. The maximum Gasteiger partial charge on any atom is 0.303 e. The van der Waals surface area contributed by atoms with E-state index >= 15 is 0 Å². The molecule has 0 bridgehead atoms. The Labute approximate surface area is 115 Å². The summed E-state index contributed by atoms with van der Waals surface area (Å²) in [5, 5.41) is 8.73. The van der Waals surface area contributed by atoms with Crippen LogP contribution in [0.5, 0.6) is 11.5 Å². The number of aromatic amines is 1. The van der Waals surface area contributed by atoms with Crippen molar-refractivity contribution >= 4 is 5.97 Å². The average Bonchev–Trinajstić information content (AvgIpc) is 3.01. The summed E-state index contributed by atoms with van der Waals surface area (Å²) in [6.45, 7) is 2.13. The Balaban J connectivity index is 1.87. The summed E-state index contributed by atoms with van der Waals surface area (Å²) in [7, 11) is 0. The van der Waals surface area contributed by atoms with Gasteiger partial charge in [0.2, 0.25) is 6.79 Å². The van der Waals surface area contributed by atoms with Crippen LogP contribution in [0.15, 0.2) is 18.2 Å². The number of carboxylic acid groups (broad SMARTS) is 1. The van der Waals surface area contributed by atoms with Gasteiger partial charge in [-0.15, -0.1) is 0 Å². The van der Waals surface area contributed by atoms with Crippen LogP contribution in [-0.4, -0.2) is 27.8 Å². The fraction of sp³-hybridized carbons (Fsp3) is 0.286. The van der Waals surface area contributed by atoms with Crippen LogP contribution in [0.4, 0.5) is 0 Å². The van der Waals surface area contributed by atoms with E-state index in [0.29, 0.717) is 18.0 Å². The highest BCUT2D eigenvalue weighted by molar-refractivity contribution is 5.67. The standard InChI is InChI=1S/C14H14N2O4/c1-8-10(3-5-13(17)18)16-14(15-8)9-2-4-11-12(6-9)20-7-19-11/h2,4,6H,3,5,7H2,1H3,(H,15,16)(H,17,18). The normalized spacial score (nSPS) is 12.7. The summed E-state index contributed by atoms with van der Waals surface area (Å²) in [6, 6.07) is 5.60. The molecule has 2 heterocycles. The van der Waals surface area contributed by atoms with Crippen molar-refractivity contribution in [3.8, 4) is 22.9 Å². The van der Waals surface area contributed by atoms with Crippen molar-refractivity contribution in [3.05, 3.63) is 29.6 Å². The molecule has 3 rings (SSSR count). The number of imidazole rings is 1. The molecule has 1 aromatic carbocycles. The van der Waals surface area contributed by atoms with Crippen molar-refractivity contribution in [2.45, 2.75) is 19.8 Å². The highest BCUT2D eigenvalue weighted by Crippen LogP contribution is 2.35. The Morgan fingerprint density at radius 2 is 2.20 bits per heavy atom. The Morgan fingerprint density at radius 3 is 3.00 bits per heavy atom. The quantitative estimate of drug-likeness (QED) is 0.892. The van der Waals surface area contributed by atoms with E-state index in [1.807, 2.05) is 25.1 Å². The molecule has 6 nitrogen and oxygen atoms in total. The topological polar surface area (TPSA) is 84.4 Å². The summed E-state index contributed by atoms with van der Waals surface area (Å²) in [4.78, 5) is 18.3. The minimum absolute atomic E-state index is 0.0757. The molecule has 0 saturated carbocycles. The first-order valence-corrected chi connectivity index (χ1v) is 6.31. The number of ether oxygens (including phenoxy) is 2. The van der Waals surface area contributed by atoms with Gasteiger partial charge in [-0.3, -0.25) is 4.79 Å². The monoisotopic (exact) mass is 274 g/mol. The molecule has 6 heteroatoms. The molecule has 0 saturated heterocycles. The van der Waals surface area contributed by atoms with Crippen LogP contribution in [0.2, 0.25) is 0 Å². The van der Waals surface area contributed by atoms with Crippen molar-refractivity contribution in [2.75, 3.05) is 6.79 Å². The predicted octanol–water partition coefficient (Wildman–Crippen LogP) is 2.13. The van der Waals surface area contributed by atoms with Crippen LogP contribution in [0.1, 0.15) is 17.8 Å². The van der Waals surface area contributed by atoms with Gasteiger partial charge in [0.05, 0.1) is 12.1 Å². The molecule has 0 fully saturated rings. The summed E-state index contributed by atoms with van der Waals surface area (Å²) < 4.78 is 10.6. The molecule has 1 aliphatic heterocycles. The van der Waals surface area contributed by atoms with Gasteiger partial charge in [-0.2, -0.15) is 0 Å². The molecule has 0 amide bonds. The van der Waals surface area contributed by atoms with E-state index in [2.05, 4.69) is 9.97 Å². The van der Waals surface area contributed by atoms with Crippen LogP contribution < -0.4 is 9.47 Å². The zero-order valence-corrected chi connectivity index (χ0v) is 11.0. The van der Waals surface area contributed by atoms with E-state index in [4.69, 9.17) is 14.6 Å². The van der Waals surface area contributed by atoms with Gasteiger partial charge in [-0.25, -0.2) is 4.98 Å². The SMILES string of the molecule is Cc1[nH]c(-c2ccc3c(c2)OCO3)nc1CCC(=O)O. The zero-order valence-electron chi connectivity index (χ0n) is 11.0. The Bertz CT molecular complexity index is 663. The Kier molecular flexibility index (Phi) is 3.06. The second-order valence-corrected chi connectivity index (χ2v) is 4.62. The number of fused-ring (bicyclic) bond motifs is 1. The van der Waals surface area contributed by atoms with E-state index in [1.54, 1.807) is 0 Å². The molecular formula is C14H14N2O4. The first kappa shape index (κ1) is 12.5. The first-order chi connectivity index (χ1) is 9.63. The van der Waals surface area contributed by atoms with Crippen LogP contribution in [0.3, 0.4) is 0 Å². The van der Waals surface area contributed by atoms with Gasteiger partial charge in [-0.1, -0.05) is 0 Å². The second-order valence-electron chi connectivity index (χ2n) is 4.62. The number of hydrogen-bond acceptors (Lipinski definition) is 4. The van der Waals surface area contributed by atoms with Gasteiger partial charge in [0.1, 0.15) is 5.82 Å². The average molecular weight is 274 g/mol. The minimum atomic E-state index is -0.822. The Hall–Kier alpha value is -2.50. The van der Waals surface area contributed by atoms with Crippen molar-refractivity contribution in [3.63, 3.8) is 0 Å². The molecule has 2 N–H and O–H groups in total. The molecule has 0 spiro atoms. The third-order valence-electron chi connectivity index (χ3n) is 3.21. The van der Waals surface area contributed by atoms with Crippen LogP contribution >= 0.6 is 0 Å². The number of nitrogens with one attached hydrogen (secondary N) is 1. The van der Waals surface area contributed by atoms with Gasteiger partial charge >= 0.3 is 5.97 Å². The van der Waals surface area contributed by atoms with E-state index in [0.717, 1.165) is 22.7 Å². The second kappa shape index (κ2) is 4.88. The molecule has 1 aliphatic rings. The summed E-state index contributed by atoms with van der Waals surface area (Å²) in [5.74, 6) is 1.31. The van der Waals surface area contributed by atoms with Crippen molar-refractivity contribution in [1.29, 1.82) is 0 Å². The zero-order chi connectivity index (χ0) is 14.1. The number of benzene rings is 1. The number of H-pyrrole nitrogens is 1. The number of carboxylic acids is 1. The number of aromatic nitrogens is 2. The predicted molar refractivity (Wildman–Crippen MR) is 70.8 cm³/mol. The molecule has 0 unspecified atom stereocenters. The van der Waals surface area contributed by atoms with E-state index in [-0.39, 0.29) is 13.2 Å². The molecule has 104 valence electrons. The van der Waals surface area contributed by atoms with Gasteiger partial charge in [-0.05, 0) is 25.1 Å². The number of nitrogens with zero attached hydrogens (tertiary/aromatic N) is 1. The van der Waals surface area contributed by atoms with E-state index in [9.17, 15) is 4.79 Å².